The van der Waals surface area contributed by atoms with Crippen molar-refractivity contribution in [2.75, 3.05) is 0 Å². The minimum absolute atomic E-state index is 0. The minimum atomic E-state index is -1.07. The van der Waals surface area contributed by atoms with Crippen LogP contribution < -0.4 is 0 Å². The van der Waals surface area contributed by atoms with Gasteiger partial charge in [0.2, 0.25) is 0 Å². The Balaban J connectivity index is -0.000000339. The summed E-state index contributed by atoms with van der Waals surface area (Å²) in [6, 6.07) is 0. The van der Waals surface area contributed by atoms with E-state index in [1.165, 1.54) is 6.42 Å². The van der Waals surface area contributed by atoms with Crippen LogP contribution in [0.5, 0.6) is 0 Å². The molecule has 0 heterocycles. The largest absolute Gasteiger partial charge is 4.00 e. The number of allylic oxidation sites excluding steroid dienone is 2. The zero-order valence-electron chi connectivity index (χ0n) is 16.6. The van der Waals surface area contributed by atoms with Crippen LogP contribution >= 0.6 is 0 Å². The van der Waals surface area contributed by atoms with Gasteiger partial charge < -0.3 is 25.0 Å². The molecule has 1 aliphatic carbocycles. The summed E-state index contributed by atoms with van der Waals surface area (Å²) in [5.74, 6) is 0. The van der Waals surface area contributed by atoms with Crippen LogP contribution in [0, 0.1) is 64.5 Å². The summed E-state index contributed by atoms with van der Waals surface area (Å²) in [5, 5.41) is 0. The molecule has 1 saturated carbocycles. The van der Waals surface area contributed by atoms with Crippen LogP contribution in [0.25, 0.3) is 0 Å². The summed E-state index contributed by atoms with van der Waals surface area (Å²) in [5.41, 5.74) is 5.36. The van der Waals surface area contributed by atoms with Crippen LogP contribution in [0.2, 0.25) is 39.3 Å². The van der Waals surface area contributed by atoms with Crippen molar-refractivity contribution in [1.29, 1.82) is 0 Å². The van der Waals surface area contributed by atoms with Crippen molar-refractivity contribution in [3.63, 3.8) is 0 Å². The van der Waals surface area contributed by atoms with Crippen LogP contribution in [0.1, 0.15) is 13.8 Å². The molecular weight excluding hydrogens is 388 g/mol. The smallest absolute Gasteiger partial charge is 0.367 e. The molecular formula is C20H36Si2Zr+2. The summed E-state index contributed by atoms with van der Waals surface area (Å²) in [6.07, 6.45) is 8.65. The topological polar surface area (TPSA) is 0 Å². The molecule has 3 heteroatoms. The molecule has 0 unspecified atom stereocenters. The monoisotopic (exact) mass is 422 g/mol. The van der Waals surface area contributed by atoms with Gasteiger partial charge in [0.25, 0.3) is 0 Å². The third kappa shape index (κ3) is 14.8. The van der Waals surface area contributed by atoms with Gasteiger partial charge in [-0.3, -0.25) is 0 Å². The summed E-state index contributed by atoms with van der Waals surface area (Å²) >= 11 is 0. The summed E-state index contributed by atoms with van der Waals surface area (Å²) < 4.78 is 0. The maximum atomic E-state index is 3.66. The quantitative estimate of drug-likeness (QED) is 0.358. The molecule has 0 atom stereocenters. The number of hydrogen-bond acceptors (Lipinski definition) is 0. The molecule has 0 amide bonds. The normalized spacial score (nSPS) is 17.1. The van der Waals surface area contributed by atoms with E-state index < -0.39 is 16.1 Å². The van der Waals surface area contributed by atoms with Gasteiger partial charge in [0.15, 0.2) is 0 Å². The first kappa shape index (κ1) is 28.6. The van der Waals surface area contributed by atoms with E-state index in [4.69, 9.17) is 0 Å². The summed E-state index contributed by atoms with van der Waals surface area (Å²) in [4.78, 5) is 0. The fraction of sp³-hybridized carbons (Fsp3) is 0.400. The van der Waals surface area contributed by atoms with E-state index in [2.05, 4.69) is 86.2 Å². The Morgan fingerprint density at radius 1 is 0.826 bits per heavy atom. The van der Waals surface area contributed by atoms with Crippen molar-refractivity contribution >= 4 is 16.1 Å². The van der Waals surface area contributed by atoms with Crippen molar-refractivity contribution in [3.8, 4) is 0 Å². The zero-order valence-corrected chi connectivity index (χ0v) is 21.1. The second-order valence-electron chi connectivity index (χ2n) is 7.74. The Morgan fingerprint density at radius 2 is 1.04 bits per heavy atom. The van der Waals surface area contributed by atoms with E-state index in [9.17, 15) is 0 Å². The first-order chi connectivity index (χ1) is 9.77. The summed E-state index contributed by atoms with van der Waals surface area (Å²) in [6.45, 7) is 32.2. The maximum Gasteiger partial charge on any atom is 4.00 e. The molecule has 0 aromatic rings. The van der Waals surface area contributed by atoms with Crippen molar-refractivity contribution in [2.24, 2.45) is 0 Å². The average Bonchev–Trinajstić information content (AvgIpc) is 2.78. The molecule has 0 saturated heterocycles. The van der Waals surface area contributed by atoms with Crippen molar-refractivity contribution < 1.29 is 26.2 Å². The van der Waals surface area contributed by atoms with Gasteiger partial charge in [0, 0.05) is 0 Å². The Hall–Kier alpha value is 0.797. The molecule has 23 heavy (non-hydrogen) atoms. The fourth-order valence-electron chi connectivity index (χ4n) is 1.38. The predicted octanol–water partition coefficient (Wildman–Crippen LogP) is 6.36. The molecule has 1 fully saturated rings. The van der Waals surface area contributed by atoms with E-state index in [0.29, 0.717) is 0 Å². The van der Waals surface area contributed by atoms with Gasteiger partial charge in [0.1, 0.15) is 0 Å². The van der Waals surface area contributed by atoms with Crippen LogP contribution in [0.4, 0.5) is 0 Å². The van der Waals surface area contributed by atoms with Gasteiger partial charge in [-0.2, -0.15) is 0 Å². The molecule has 1 aliphatic rings. The maximum absolute atomic E-state index is 3.66. The van der Waals surface area contributed by atoms with Gasteiger partial charge >= 0.3 is 26.2 Å². The first-order valence-electron chi connectivity index (χ1n) is 7.76. The number of hydrogen-bond donors (Lipinski definition) is 0. The van der Waals surface area contributed by atoms with Crippen molar-refractivity contribution in [2.45, 2.75) is 53.1 Å². The Labute approximate surface area is 170 Å². The molecule has 126 valence electrons. The molecule has 0 N–H and O–H groups in total. The van der Waals surface area contributed by atoms with E-state index in [0.717, 1.165) is 11.1 Å². The second kappa shape index (κ2) is 13.1. The molecule has 0 bridgehead atoms. The molecule has 1 rings (SSSR count). The third-order valence-electron chi connectivity index (χ3n) is 3.21. The first-order valence-corrected chi connectivity index (χ1v) is 14.8. The van der Waals surface area contributed by atoms with Gasteiger partial charge in [-0.05, 0) is 50.6 Å². The predicted molar refractivity (Wildman–Crippen MR) is 110 cm³/mol. The Kier molecular flexibility index (Phi) is 16.2. The molecule has 0 aromatic heterocycles. The van der Waals surface area contributed by atoms with Crippen LogP contribution in [-0.4, -0.2) is 16.1 Å². The van der Waals surface area contributed by atoms with Gasteiger partial charge in [-0.1, -0.05) is 39.3 Å². The van der Waals surface area contributed by atoms with Crippen molar-refractivity contribution in [1.82, 2.24) is 0 Å². The Morgan fingerprint density at radius 3 is 1.13 bits per heavy atom. The SMILES string of the molecule is C[Si](C)(C)[C]1[CH][CH][C]([Si](C)(C)C)[CH]1.[CH2-]/C(C)=C(\[CH2-])C.[CH2][CH][CH2].[Zr+4]. The second-order valence-corrected chi connectivity index (χ2v) is 17.9. The van der Waals surface area contributed by atoms with E-state index in [-0.39, 0.29) is 26.2 Å². The third-order valence-corrected chi connectivity index (χ3v) is 7.30. The molecule has 0 spiro atoms. The van der Waals surface area contributed by atoms with Crippen molar-refractivity contribution in [3.05, 3.63) is 75.6 Å². The number of rotatable bonds is 2. The van der Waals surface area contributed by atoms with E-state index in [1.807, 2.05) is 13.8 Å². The molecule has 8 radical (unpaired) electrons. The average molecular weight is 424 g/mol. The van der Waals surface area contributed by atoms with E-state index in [1.54, 1.807) is 11.1 Å². The zero-order chi connectivity index (χ0) is 18.1. The molecule has 0 aromatic carbocycles. The standard InChI is InChI=1S/C11H21Si2.C6H10.C3H5.Zr/c1-12(2,3)10-7-8-11(9-10)13(4,5)6;1-5(2)6(3)4;1-3-2;/h7-9H,1-6H3;1,3H2,2,4H3;3H,1-2H2;/q;-2;;+4/b;6-5-;;. The van der Waals surface area contributed by atoms with E-state index >= 15 is 0 Å². The van der Waals surface area contributed by atoms with Crippen LogP contribution in [-0.2, 0) is 26.2 Å². The molecule has 0 aliphatic heterocycles. The van der Waals surface area contributed by atoms with Gasteiger partial charge in [0.05, 0.1) is 16.1 Å². The minimum Gasteiger partial charge on any atom is -0.367 e. The van der Waals surface area contributed by atoms with Crippen LogP contribution in [0.3, 0.4) is 0 Å². The molecule has 0 nitrogen and oxygen atoms in total. The fourth-order valence-corrected chi connectivity index (χ4v) is 3.86. The van der Waals surface area contributed by atoms with Crippen LogP contribution in [0.15, 0.2) is 11.1 Å². The van der Waals surface area contributed by atoms with Gasteiger partial charge in [-0.15, -0.1) is 13.8 Å². The Bertz CT molecular complexity index is 284. The van der Waals surface area contributed by atoms with Gasteiger partial charge in [-0.25, -0.2) is 0 Å². The summed E-state index contributed by atoms with van der Waals surface area (Å²) in [7, 11) is -2.14.